The molecule has 2 aromatic carbocycles. The number of benzene rings is 2. The molecule has 0 aliphatic carbocycles. The molecule has 8 nitrogen and oxygen atoms in total. The van der Waals surface area contributed by atoms with Gasteiger partial charge in [0.1, 0.15) is 5.60 Å². The lowest BCUT2D eigenvalue weighted by molar-refractivity contribution is 0.00190. The summed E-state index contributed by atoms with van der Waals surface area (Å²) in [7, 11) is -2.87. The fraction of sp³-hybridized carbons (Fsp3) is 0.185. The number of pyridine rings is 1. The monoisotopic (exact) mass is 498 g/mol. The summed E-state index contributed by atoms with van der Waals surface area (Å²) < 4.78 is 14.3. The first kappa shape index (κ1) is 22.8. The third kappa shape index (κ3) is 3.86. The van der Waals surface area contributed by atoms with Gasteiger partial charge in [-0.25, -0.2) is 13.7 Å². The van der Waals surface area contributed by atoms with Gasteiger partial charge in [-0.2, -0.15) is 5.10 Å². The van der Waals surface area contributed by atoms with Crippen molar-refractivity contribution in [3.63, 3.8) is 0 Å². The predicted octanol–water partition coefficient (Wildman–Crippen LogP) is 3.13. The quantitative estimate of drug-likeness (QED) is 0.328. The summed E-state index contributed by atoms with van der Waals surface area (Å²) in [5, 5.41) is 26.4. The number of hydrogen-bond acceptors (Lipinski definition) is 6. The lowest BCUT2D eigenvalue weighted by Crippen LogP contribution is -2.40. The molecule has 0 saturated carbocycles. The van der Waals surface area contributed by atoms with Crippen LogP contribution in [-0.2, 0) is 15.3 Å². The smallest absolute Gasteiger partial charge is 0.162 e. The highest BCUT2D eigenvalue weighted by molar-refractivity contribution is 7.98. The van der Waals surface area contributed by atoms with E-state index in [1.165, 1.54) is 0 Å². The molecule has 0 spiro atoms. The standard InChI is InChI=1S/C27H26N6O2S/c1-36(28,35)24-8-7-21(20-4-2-3-5-22(20)24)23-16-32-33-17-19(15-31-26(23)33)18-6-9-25(30-14-18)27(34)10-12-29-13-11-27/h2-9,14-17,29,34H,1,10-13H2,(H2,28,35). The molecule has 1 unspecified atom stereocenters. The highest BCUT2D eigenvalue weighted by atomic mass is 32.2. The van der Waals surface area contributed by atoms with Crippen molar-refractivity contribution in [2.75, 3.05) is 13.1 Å². The van der Waals surface area contributed by atoms with Crippen LogP contribution in [0.3, 0.4) is 0 Å². The summed E-state index contributed by atoms with van der Waals surface area (Å²) in [5.74, 6) is 3.66. The molecule has 0 radical (unpaired) electrons. The van der Waals surface area contributed by atoms with E-state index < -0.39 is 15.3 Å². The summed E-state index contributed by atoms with van der Waals surface area (Å²) in [5.41, 5.74) is 4.06. The van der Waals surface area contributed by atoms with E-state index in [1.54, 1.807) is 29.2 Å². The Morgan fingerprint density at radius 2 is 1.69 bits per heavy atom. The molecule has 4 heterocycles. The number of rotatable bonds is 4. The average molecular weight is 499 g/mol. The van der Waals surface area contributed by atoms with Gasteiger partial charge in [0.05, 0.1) is 26.5 Å². The van der Waals surface area contributed by atoms with Crippen LogP contribution in [0.1, 0.15) is 18.5 Å². The Balaban J connectivity index is 1.38. The zero-order chi connectivity index (χ0) is 24.9. The molecule has 9 heteroatoms. The van der Waals surface area contributed by atoms with Gasteiger partial charge in [-0.05, 0) is 60.3 Å². The maximum absolute atomic E-state index is 12.5. The first-order valence-electron chi connectivity index (χ1n) is 11.7. The molecule has 0 bridgehead atoms. The minimum absolute atomic E-state index is 0.527. The highest BCUT2D eigenvalue weighted by Crippen LogP contribution is 2.35. The van der Waals surface area contributed by atoms with Crippen LogP contribution in [0.5, 0.6) is 0 Å². The van der Waals surface area contributed by atoms with E-state index in [9.17, 15) is 9.32 Å². The number of aliphatic hydroxyl groups is 1. The van der Waals surface area contributed by atoms with Crippen molar-refractivity contribution in [1.29, 1.82) is 0 Å². The number of nitrogens with zero attached hydrogens (tertiary/aromatic N) is 4. The van der Waals surface area contributed by atoms with Crippen molar-refractivity contribution in [2.24, 2.45) is 5.14 Å². The van der Waals surface area contributed by atoms with Crippen LogP contribution in [0.4, 0.5) is 0 Å². The molecule has 1 fully saturated rings. The van der Waals surface area contributed by atoms with Gasteiger partial charge < -0.3 is 10.4 Å². The molecular formula is C27H26N6O2S. The van der Waals surface area contributed by atoms with Gasteiger partial charge in [0.2, 0.25) is 0 Å². The van der Waals surface area contributed by atoms with E-state index in [1.807, 2.05) is 48.7 Å². The molecule has 1 aliphatic heterocycles. The van der Waals surface area contributed by atoms with E-state index in [4.69, 9.17) is 10.1 Å². The Hall–Kier alpha value is -3.63. The van der Waals surface area contributed by atoms with Crippen molar-refractivity contribution in [1.82, 2.24) is 24.9 Å². The lowest BCUT2D eigenvalue weighted by Gasteiger charge is -2.32. The topological polar surface area (TPSA) is 118 Å². The normalized spacial score (nSPS) is 17.3. The summed E-state index contributed by atoms with van der Waals surface area (Å²) in [6.07, 6.45) is 8.57. The Bertz CT molecular complexity index is 1700. The summed E-state index contributed by atoms with van der Waals surface area (Å²) in [6, 6.07) is 15.2. The van der Waals surface area contributed by atoms with Crippen molar-refractivity contribution in [2.45, 2.75) is 23.3 Å². The summed E-state index contributed by atoms with van der Waals surface area (Å²) >= 11 is 0. The molecule has 182 valence electrons. The Morgan fingerprint density at radius 3 is 2.42 bits per heavy atom. The van der Waals surface area contributed by atoms with Crippen LogP contribution >= 0.6 is 0 Å². The van der Waals surface area contributed by atoms with Gasteiger partial charge in [-0.1, -0.05) is 36.4 Å². The van der Waals surface area contributed by atoms with Crippen molar-refractivity contribution < 1.29 is 9.32 Å². The summed E-state index contributed by atoms with van der Waals surface area (Å²) in [6.45, 7) is 1.56. The number of piperidine rings is 1. The molecule has 0 amide bonds. The molecule has 4 N–H and O–H groups in total. The Morgan fingerprint density at radius 1 is 0.944 bits per heavy atom. The second-order valence-corrected chi connectivity index (χ2v) is 11.2. The van der Waals surface area contributed by atoms with E-state index in [0.717, 1.165) is 46.1 Å². The Labute approximate surface area is 209 Å². The van der Waals surface area contributed by atoms with Gasteiger partial charge in [-0.3, -0.25) is 10.1 Å². The van der Waals surface area contributed by atoms with E-state index in [0.29, 0.717) is 29.1 Å². The maximum atomic E-state index is 12.5. The zero-order valence-electron chi connectivity index (χ0n) is 19.6. The molecular weight excluding hydrogens is 472 g/mol. The predicted molar refractivity (Wildman–Crippen MR) is 143 cm³/mol. The SMILES string of the molecule is C=S(N)(=O)c1ccc(-c2cnn3cc(-c4ccc(C5(O)CCNCC5)nc4)cnc23)c2ccccc12. The van der Waals surface area contributed by atoms with E-state index >= 15 is 0 Å². The van der Waals surface area contributed by atoms with Crippen LogP contribution in [0.2, 0.25) is 0 Å². The van der Waals surface area contributed by atoms with Crippen LogP contribution in [0.15, 0.2) is 78.2 Å². The average Bonchev–Trinajstić information content (AvgIpc) is 3.31. The summed E-state index contributed by atoms with van der Waals surface area (Å²) in [4.78, 5) is 9.82. The molecule has 1 saturated heterocycles. The van der Waals surface area contributed by atoms with Gasteiger partial charge in [0.15, 0.2) is 5.65 Å². The third-order valence-electron chi connectivity index (χ3n) is 6.91. The Kier molecular flexibility index (Phi) is 5.38. The van der Waals surface area contributed by atoms with Gasteiger partial charge in [0, 0.05) is 35.3 Å². The largest absolute Gasteiger partial charge is 0.383 e. The van der Waals surface area contributed by atoms with Gasteiger partial charge in [0.25, 0.3) is 0 Å². The minimum atomic E-state index is -2.87. The second kappa shape index (κ2) is 8.49. The first-order chi connectivity index (χ1) is 17.3. The number of aromatic nitrogens is 4. The number of nitrogens with two attached hydrogens (primary N) is 1. The molecule has 1 aliphatic rings. The number of nitrogens with one attached hydrogen (secondary N) is 1. The highest BCUT2D eigenvalue weighted by Gasteiger charge is 2.32. The first-order valence-corrected chi connectivity index (χ1v) is 13.5. The van der Waals surface area contributed by atoms with Crippen molar-refractivity contribution in [3.05, 3.63) is 79.0 Å². The van der Waals surface area contributed by atoms with Crippen LogP contribution < -0.4 is 10.5 Å². The molecule has 36 heavy (non-hydrogen) atoms. The molecule has 5 aromatic rings. The molecule has 6 rings (SSSR count). The van der Waals surface area contributed by atoms with Crippen LogP contribution in [0.25, 0.3) is 38.7 Å². The molecule has 3 aromatic heterocycles. The fourth-order valence-corrected chi connectivity index (χ4v) is 5.81. The third-order valence-corrected chi connectivity index (χ3v) is 8.01. The fourth-order valence-electron chi connectivity index (χ4n) is 4.96. The second-order valence-electron chi connectivity index (χ2n) is 9.27. The van der Waals surface area contributed by atoms with E-state index in [2.05, 4.69) is 21.3 Å². The van der Waals surface area contributed by atoms with Gasteiger partial charge in [-0.15, -0.1) is 0 Å². The maximum Gasteiger partial charge on any atom is 0.162 e. The van der Waals surface area contributed by atoms with Crippen molar-refractivity contribution >= 4 is 32.0 Å². The van der Waals surface area contributed by atoms with Crippen molar-refractivity contribution in [3.8, 4) is 22.3 Å². The number of hydrogen-bond donors (Lipinski definition) is 3. The molecule has 1 atom stereocenters. The minimum Gasteiger partial charge on any atom is -0.383 e. The lowest BCUT2D eigenvalue weighted by atomic mass is 9.88. The van der Waals surface area contributed by atoms with Crippen LogP contribution in [-0.4, -0.2) is 47.9 Å². The zero-order valence-corrected chi connectivity index (χ0v) is 20.4. The van der Waals surface area contributed by atoms with Gasteiger partial charge >= 0.3 is 0 Å². The van der Waals surface area contributed by atoms with Crippen LogP contribution in [0, 0.1) is 0 Å². The number of fused-ring (bicyclic) bond motifs is 2. The van der Waals surface area contributed by atoms with E-state index in [-0.39, 0.29) is 0 Å².